The van der Waals surface area contributed by atoms with Gasteiger partial charge in [0.05, 0.1) is 11.4 Å². The van der Waals surface area contributed by atoms with Gasteiger partial charge >= 0.3 is 0 Å². The zero-order chi connectivity index (χ0) is 18.9. The summed E-state index contributed by atoms with van der Waals surface area (Å²) in [5.74, 6) is 0.287. The third-order valence-electron chi connectivity index (χ3n) is 4.73. The number of amides is 1. The van der Waals surface area contributed by atoms with Crippen LogP contribution in [0.15, 0.2) is 30.3 Å². The molecule has 0 radical (unpaired) electrons. The summed E-state index contributed by atoms with van der Waals surface area (Å²) in [6, 6.07) is 10.5. The van der Waals surface area contributed by atoms with Crippen LogP contribution < -0.4 is 0 Å². The zero-order valence-electron chi connectivity index (χ0n) is 16.8. The molecule has 1 heterocycles. The molecule has 1 amide bonds. The van der Waals surface area contributed by atoms with Crippen LogP contribution in [0.5, 0.6) is 0 Å². The van der Waals surface area contributed by atoms with E-state index in [1.165, 1.54) is 5.56 Å². The maximum Gasteiger partial charge on any atom is 0.222 e. The number of hydrogen-bond acceptors (Lipinski definition) is 2. The second-order valence-corrected chi connectivity index (χ2v) is 7.09. The Labute approximate surface area is 158 Å². The lowest BCUT2D eigenvalue weighted by atomic mass is 10.1. The number of aryl methyl sites for hydroxylation is 3. The molecule has 142 valence electrons. The Morgan fingerprint density at radius 1 is 1.04 bits per heavy atom. The zero-order valence-corrected chi connectivity index (χ0v) is 16.8. The summed E-state index contributed by atoms with van der Waals surface area (Å²) in [7, 11) is 0. The van der Waals surface area contributed by atoms with Crippen LogP contribution in [0.1, 0.15) is 62.9 Å². The van der Waals surface area contributed by atoms with Gasteiger partial charge in [-0.2, -0.15) is 5.10 Å². The van der Waals surface area contributed by atoms with E-state index < -0.39 is 0 Å². The van der Waals surface area contributed by atoms with Crippen LogP contribution in [-0.4, -0.2) is 33.7 Å². The fourth-order valence-corrected chi connectivity index (χ4v) is 3.16. The number of carbonyl (C=O) groups excluding carboxylic acids is 1. The van der Waals surface area contributed by atoms with Gasteiger partial charge in [0.25, 0.3) is 0 Å². The number of nitrogens with zero attached hydrogens (tertiary/aromatic N) is 3. The maximum atomic E-state index is 12.6. The van der Waals surface area contributed by atoms with Crippen molar-refractivity contribution in [3.05, 3.63) is 47.3 Å². The van der Waals surface area contributed by atoms with Crippen LogP contribution in [0.4, 0.5) is 0 Å². The topological polar surface area (TPSA) is 38.1 Å². The van der Waals surface area contributed by atoms with Crippen molar-refractivity contribution in [2.45, 2.75) is 66.2 Å². The fourth-order valence-electron chi connectivity index (χ4n) is 3.16. The lowest BCUT2D eigenvalue weighted by molar-refractivity contribution is -0.131. The van der Waals surface area contributed by atoms with E-state index in [-0.39, 0.29) is 5.91 Å². The normalized spacial score (nSPS) is 10.9. The average Bonchev–Trinajstić information content (AvgIpc) is 2.98. The fraction of sp³-hybridized carbons (Fsp3) is 0.545. The van der Waals surface area contributed by atoms with Crippen molar-refractivity contribution in [3.8, 4) is 5.69 Å². The largest absolute Gasteiger partial charge is 0.343 e. The molecule has 1 aromatic carbocycles. The Morgan fingerprint density at radius 2 is 1.65 bits per heavy atom. The molecular formula is C22H33N3O. The average molecular weight is 356 g/mol. The molecule has 4 heteroatoms. The molecule has 4 nitrogen and oxygen atoms in total. The lowest BCUT2D eigenvalue weighted by Crippen LogP contribution is -2.33. The predicted molar refractivity (Wildman–Crippen MR) is 108 cm³/mol. The monoisotopic (exact) mass is 355 g/mol. The van der Waals surface area contributed by atoms with Gasteiger partial charge in [-0.1, -0.05) is 38.8 Å². The summed E-state index contributed by atoms with van der Waals surface area (Å²) in [6.45, 7) is 10.2. The van der Waals surface area contributed by atoms with E-state index >= 15 is 0 Å². The van der Waals surface area contributed by atoms with Gasteiger partial charge in [0.2, 0.25) is 5.91 Å². The van der Waals surface area contributed by atoms with Crippen LogP contribution in [0.25, 0.3) is 5.69 Å². The summed E-state index contributed by atoms with van der Waals surface area (Å²) < 4.78 is 1.96. The molecule has 0 unspecified atom stereocenters. The minimum atomic E-state index is 0.287. The molecule has 0 atom stereocenters. The molecular weight excluding hydrogens is 322 g/mol. The lowest BCUT2D eigenvalue weighted by Gasteiger charge is -2.22. The summed E-state index contributed by atoms with van der Waals surface area (Å²) >= 11 is 0. The molecule has 0 saturated heterocycles. The number of benzene rings is 1. The van der Waals surface area contributed by atoms with E-state index in [1.807, 2.05) is 11.6 Å². The van der Waals surface area contributed by atoms with Crippen LogP contribution >= 0.6 is 0 Å². The molecule has 0 fully saturated rings. The van der Waals surface area contributed by atoms with Crippen LogP contribution in [0.2, 0.25) is 0 Å². The highest BCUT2D eigenvalue weighted by molar-refractivity contribution is 5.76. The SMILES string of the molecule is CCCCN(CCCC)C(=O)CCc1ccc(-n2nc(C)cc2C)cc1. The van der Waals surface area contributed by atoms with Gasteiger partial charge in [0.15, 0.2) is 0 Å². The van der Waals surface area contributed by atoms with Gasteiger partial charge in [-0.3, -0.25) is 4.79 Å². The van der Waals surface area contributed by atoms with Gasteiger partial charge in [-0.05, 0) is 56.9 Å². The molecule has 2 aromatic rings. The van der Waals surface area contributed by atoms with Crippen molar-refractivity contribution >= 4 is 5.91 Å². The van der Waals surface area contributed by atoms with E-state index in [4.69, 9.17) is 0 Å². The van der Waals surface area contributed by atoms with Gasteiger partial charge < -0.3 is 4.90 Å². The Balaban J connectivity index is 1.93. The van der Waals surface area contributed by atoms with Crippen molar-refractivity contribution in [3.63, 3.8) is 0 Å². The van der Waals surface area contributed by atoms with Crippen LogP contribution in [-0.2, 0) is 11.2 Å². The summed E-state index contributed by atoms with van der Waals surface area (Å²) in [6.07, 6.45) is 5.82. The first-order valence-corrected chi connectivity index (χ1v) is 9.95. The number of rotatable bonds is 10. The highest BCUT2D eigenvalue weighted by Crippen LogP contribution is 2.14. The molecule has 0 spiro atoms. The Bertz CT molecular complexity index is 680. The van der Waals surface area contributed by atoms with E-state index in [0.717, 1.165) is 62.3 Å². The van der Waals surface area contributed by atoms with Crippen molar-refractivity contribution in [1.82, 2.24) is 14.7 Å². The molecule has 1 aromatic heterocycles. The Hall–Kier alpha value is -2.10. The van der Waals surface area contributed by atoms with Crippen molar-refractivity contribution < 1.29 is 4.79 Å². The molecule has 26 heavy (non-hydrogen) atoms. The van der Waals surface area contributed by atoms with E-state index in [9.17, 15) is 4.79 Å². The van der Waals surface area contributed by atoms with E-state index in [1.54, 1.807) is 0 Å². The first-order chi connectivity index (χ1) is 12.5. The van der Waals surface area contributed by atoms with Crippen molar-refractivity contribution in [2.24, 2.45) is 0 Å². The number of hydrogen-bond donors (Lipinski definition) is 0. The summed E-state index contributed by atoms with van der Waals surface area (Å²) in [5.41, 5.74) is 4.43. The van der Waals surface area contributed by atoms with Crippen LogP contribution in [0.3, 0.4) is 0 Å². The van der Waals surface area contributed by atoms with Crippen molar-refractivity contribution in [1.29, 1.82) is 0 Å². The minimum absolute atomic E-state index is 0.287. The second kappa shape index (κ2) is 10.1. The highest BCUT2D eigenvalue weighted by Gasteiger charge is 2.12. The van der Waals surface area contributed by atoms with Gasteiger partial charge in [0.1, 0.15) is 0 Å². The molecule has 0 saturated carbocycles. The molecule has 0 aliphatic heterocycles. The predicted octanol–water partition coefficient (Wildman–Crippen LogP) is 4.85. The quantitative estimate of drug-likeness (QED) is 0.611. The summed E-state index contributed by atoms with van der Waals surface area (Å²) in [4.78, 5) is 14.6. The Morgan fingerprint density at radius 3 is 2.15 bits per heavy atom. The number of aromatic nitrogens is 2. The third-order valence-corrected chi connectivity index (χ3v) is 4.73. The Kier molecular flexibility index (Phi) is 7.89. The molecule has 2 rings (SSSR count). The third kappa shape index (κ3) is 5.72. The highest BCUT2D eigenvalue weighted by atomic mass is 16.2. The van der Waals surface area contributed by atoms with Gasteiger partial charge in [0, 0.05) is 25.2 Å². The van der Waals surface area contributed by atoms with Crippen LogP contribution in [0, 0.1) is 13.8 Å². The number of unbranched alkanes of at least 4 members (excludes halogenated alkanes) is 2. The molecule has 0 aliphatic carbocycles. The smallest absolute Gasteiger partial charge is 0.222 e. The molecule has 0 bridgehead atoms. The molecule has 0 N–H and O–H groups in total. The van der Waals surface area contributed by atoms with E-state index in [0.29, 0.717) is 6.42 Å². The minimum Gasteiger partial charge on any atom is -0.343 e. The maximum absolute atomic E-state index is 12.6. The standard InChI is InChI=1S/C22H33N3O/c1-5-7-15-24(16-8-6-2)22(26)14-11-20-9-12-21(13-10-20)25-19(4)17-18(3)23-25/h9-10,12-13,17H,5-8,11,14-16H2,1-4H3. The first-order valence-electron chi connectivity index (χ1n) is 9.95. The van der Waals surface area contributed by atoms with Crippen molar-refractivity contribution in [2.75, 3.05) is 13.1 Å². The van der Waals surface area contributed by atoms with Gasteiger partial charge in [-0.25, -0.2) is 4.68 Å². The first kappa shape index (κ1) is 20.2. The molecule has 0 aliphatic rings. The van der Waals surface area contributed by atoms with Gasteiger partial charge in [-0.15, -0.1) is 0 Å². The summed E-state index contributed by atoms with van der Waals surface area (Å²) in [5, 5.41) is 4.52. The van der Waals surface area contributed by atoms with E-state index in [2.05, 4.69) is 61.1 Å². The number of carbonyl (C=O) groups is 1. The second-order valence-electron chi connectivity index (χ2n) is 7.09.